The molecule has 0 saturated carbocycles. The van der Waals surface area contributed by atoms with Crippen molar-refractivity contribution in [1.82, 2.24) is 5.32 Å². The molecule has 0 aliphatic heterocycles. The Balaban J connectivity index is 1.93. The number of hydrogen-bond acceptors (Lipinski definition) is 2. The first-order valence-electron chi connectivity index (χ1n) is 5.73. The Morgan fingerprint density at radius 2 is 2.22 bits per heavy atom. The SMILES string of the molecule is Cc1ccc(Br)c(C(=O)NCCc2cccs2)c1. The van der Waals surface area contributed by atoms with E-state index >= 15 is 0 Å². The summed E-state index contributed by atoms with van der Waals surface area (Å²) >= 11 is 5.12. The number of nitrogens with one attached hydrogen (secondary N) is 1. The van der Waals surface area contributed by atoms with Crippen LogP contribution in [0.15, 0.2) is 40.2 Å². The number of rotatable bonds is 4. The van der Waals surface area contributed by atoms with Crippen LogP contribution in [0.4, 0.5) is 0 Å². The zero-order chi connectivity index (χ0) is 13.0. The first kappa shape index (κ1) is 13.3. The lowest BCUT2D eigenvalue weighted by atomic mass is 10.1. The predicted octanol–water partition coefficient (Wildman–Crippen LogP) is 3.79. The quantitative estimate of drug-likeness (QED) is 0.911. The summed E-state index contributed by atoms with van der Waals surface area (Å²) in [6, 6.07) is 9.89. The number of thiophene rings is 1. The molecule has 2 rings (SSSR count). The van der Waals surface area contributed by atoms with Gasteiger partial charge in [-0.05, 0) is 52.9 Å². The predicted molar refractivity (Wildman–Crippen MR) is 79.2 cm³/mol. The first-order valence-corrected chi connectivity index (χ1v) is 7.41. The smallest absolute Gasteiger partial charge is 0.252 e. The summed E-state index contributed by atoms with van der Waals surface area (Å²) in [5.74, 6) is -0.0258. The lowest BCUT2D eigenvalue weighted by Gasteiger charge is -2.07. The lowest BCUT2D eigenvalue weighted by Crippen LogP contribution is -2.25. The van der Waals surface area contributed by atoms with Crippen molar-refractivity contribution in [2.75, 3.05) is 6.54 Å². The fourth-order valence-electron chi connectivity index (χ4n) is 1.66. The van der Waals surface area contributed by atoms with Crippen LogP contribution in [0.1, 0.15) is 20.8 Å². The molecule has 0 spiro atoms. The second-order valence-corrected chi connectivity index (χ2v) is 5.96. The second-order valence-electron chi connectivity index (χ2n) is 4.07. The number of benzene rings is 1. The molecule has 1 aromatic carbocycles. The molecule has 0 unspecified atom stereocenters. The molecule has 1 amide bonds. The van der Waals surface area contributed by atoms with Gasteiger partial charge in [0.25, 0.3) is 5.91 Å². The van der Waals surface area contributed by atoms with Crippen molar-refractivity contribution in [2.24, 2.45) is 0 Å². The van der Waals surface area contributed by atoms with E-state index in [1.54, 1.807) is 11.3 Å². The highest BCUT2D eigenvalue weighted by molar-refractivity contribution is 9.10. The second kappa shape index (κ2) is 6.16. The first-order chi connectivity index (χ1) is 8.66. The Hall–Kier alpha value is -1.13. The minimum atomic E-state index is -0.0258. The summed E-state index contributed by atoms with van der Waals surface area (Å²) in [6.45, 7) is 2.65. The highest BCUT2D eigenvalue weighted by Gasteiger charge is 2.09. The minimum Gasteiger partial charge on any atom is -0.352 e. The van der Waals surface area contributed by atoms with Gasteiger partial charge < -0.3 is 5.32 Å². The van der Waals surface area contributed by atoms with Crippen LogP contribution in [0.25, 0.3) is 0 Å². The van der Waals surface area contributed by atoms with Crippen molar-refractivity contribution in [1.29, 1.82) is 0 Å². The summed E-state index contributed by atoms with van der Waals surface area (Å²) in [4.78, 5) is 13.3. The van der Waals surface area contributed by atoms with Gasteiger partial charge in [-0.1, -0.05) is 17.7 Å². The third-order valence-corrected chi connectivity index (χ3v) is 4.23. The molecular weight excluding hydrogens is 310 g/mol. The van der Waals surface area contributed by atoms with E-state index in [1.807, 2.05) is 36.6 Å². The number of aryl methyl sites for hydroxylation is 1. The van der Waals surface area contributed by atoms with Crippen molar-refractivity contribution < 1.29 is 4.79 Å². The monoisotopic (exact) mass is 323 g/mol. The van der Waals surface area contributed by atoms with E-state index in [2.05, 4.69) is 27.3 Å². The molecule has 4 heteroatoms. The summed E-state index contributed by atoms with van der Waals surface area (Å²) < 4.78 is 0.835. The molecule has 18 heavy (non-hydrogen) atoms. The Labute approximate surface area is 119 Å². The molecule has 1 aromatic heterocycles. The van der Waals surface area contributed by atoms with Crippen LogP contribution in [0.3, 0.4) is 0 Å². The van der Waals surface area contributed by atoms with Gasteiger partial charge in [-0.25, -0.2) is 0 Å². The van der Waals surface area contributed by atoms with E-state index in [0.29, 0.717) is 12.1 Å². The molecule has 0 saturated heterocycles. The minimum absolute atomic E-state index is 0.0258. The Morgan fingerprint density at radius 1 is 1.39 bits per heavy atom. The third kappa shape index (κ3) is 3.43. The lowest BCUT2D eigenvalue weighted by molar-refractivity contribution is 0.0953. The van der Waals surface area contributed by atoms with E-state index in [0.717, 1.165) is 16.5 Å². The fraction of sp³-hybridized carbons (Fsp3) is 0.214. The van der Waals surface area contributed by atoms with Crippen LogP contribution in [-0.4, -0.2) is 12.5 Å². The summed E-state index contributed by atoms with van der Waals surface area (Å²) in [5, 5.41) is 4.99. The van der Waals surface area contributed by atoms with Gasteiger partial charge in [0.15, 0.2) is 0 Å². The number of carbonyl (C=O) groups excluding carboxylic acids is 1. The zero-order valence-corrected chi connectivity index (χ0v) is 12.5. The maximum atomic E-state index is 12.0. The molecule has 0 fully saturated rings. The van der Waals surface area contributed by atoms with E-state index in [1.165, 1.54) is 4.88 Å². The van der Waals surface area contributed by atoms with Gasteiger partial charge in [-0.2, -0.15) is 0 Å². The number of amides is 1. The molecule has 1 N–H and O–H groups in total. The van der Waals surface area contributed by atoms with Crippen molar-refractivity contribution in [3.05, 3.63) is 56.2 Å². The van der Waals surface area contributed by atoms with Crippen LogP contribution in [0.2, 0.25) is 0 Å². The molecule has 0 radical (unpaired) electrons. The average molecular weight is 324 g/mol. The van der Waals surface area contributed by atoms with Crippen LogP contribution < -0.4 is 5.32 Å². The van der Waals surface area contributed by atoms with Crippen molar-refractivity contribution in [2.45, 2.75) is 13.3 Å². The molecule has 0 aliphatic rings. The maximum absolute atomic E-state index is 12.0. The van der Waals surface area contributed by atoms with E-state index in [9.17, 15) is 4.79 Å². The average Bonchev–Trinajstić information content (AvgIpc) is 2.85. The number of halogens is 1. The molecule has 0 atom stereocenters. The van der Waals surface area contributed by atoms with E-state index < -0.39 is 0 Å². The Morgan fingerprint density at radius 3 is 2.94 bits per heavy atom. The van der Waals surface area contributed by atoms with Gasteiger partial charge in [0, 0.05) is 15.9 Å². The number of hydrogen-bond donors (Lipinski definition) is 1. The van der Waals surface area contributed by atoms with Gasteiger partial charge in [0.2, 0.25) is 0 Å². The molecule has 94 valence electrons. The third-order valence-electron chi connectivity index (χ3n) is 2.60. The van der Waals surface area contributed by atoms with Gasteiger partial charge in [0.05, 0.1) is 5.56 Å². The van der Waals surface area contributed by atoms with Gasteiger partial charge in [-0.3, -0.25) is 4.79 Å². The van der Waals surface area contributed by atoms with Crippen molar-refractivity contribution >= 4 is 33.2 Å². The summed E-state index contributed by atoms with van der Waals surface area (Å²) in [7, 11) is 0. The van der Waals surface area contributed by atoms with Crippen molar-refractivity contribution in [3.63, 3.8) is 0 Å². The van der Waals surface area contributed by atoms with E-state index in [4.69, 9.17) is 0 Å². The number of carbonyl (C=O) groups is 1. The zero-order valence-electron chi connectivity index (χ0n) is 10.1. The molecule has 0 bridgehead atoms. The van der Waals surface area contributed by atoms with Crippen LogP contribution in [0.5, 0.6) is 0 Å². The standard InChI is InChI=1S/C14H14BrNOS/c1-10-4-5-13(15)12(9-10)14(17)16-7-6-11-3-2-8-18-11/h2-5,8-9H,6-7H2,1H3,(H,16,17). The molecule has 1 heterocycles. The van der Waals surface area contributed by atoms with Crippen molar-refractivity contribution in [3.8, 4) is 0 Å². The van der Waals surface area contributed by atoms with Gasteiger partial charge >= 0.3 is 0 Å². The Bertz CT molecular complexity index is 537. The molecule has 0 aliphatic carbocycles. The van der Waals surface area contributed by atoms with Gasteiger partial charge in [0.1, 0.15) is 0 Å². The van der Waals surface area contributed by atoms with Crippen LogP contribution in [0, 0.1) is 6.92 Å². The summed E-state index contributed by atoms with van der Waals surface area (Å²) in [6.07, 6.45) is 0.882. The molecule has 2 aromatic rings. The highest BCUT2D eigenvalue weighted by Crippen LogP contribution is 2.18. The van der Waals surface area contributed by atoms with Crippen LogP contribution in [-0.2, 0) is 6.42 Å². The maximum Gasteiger partial charge on any atom is 0.252 e. The normalized spacial score (nSPS) is 10.3. The topological polar surface area (TPSA) is 29.1 Å². The van der Waals surface area contributed by atoms with Gasteiger partial charge in [-0.15, -0.1) is 11.3 Å². The Kier molecular flexibility index (Phi) is 4.55. The largest absolute Gasteiger partial charge is 0.352 e. The highest BCUT2D eigenvalue weighted by atomic mass is 79.9. The molecular formula is C14H14BrNOS. The molecule has 2 nitrogen and oxygen atoms in total. The summed E-state index contributed by atoms with van der Waals surface area (Å²) in [5.41, 5.74) is 1.78. The fourth-order valence-corrected chi connectivity index (χ4v) is 2.80. The van der Waals surface area contributed by atoms with E-state index in [-0.39, 0.29) is 5.91 Å². The van der Waals surface area contributed by atoms with Crippen LogP contribution >= 0.6 is 27.3 Å².